The maximum Gasteiger partial charge on any atom is 0.209 e. The Bertz CT molecular complexity index is 902. The third-order valence-corrected chi connectivity index (χ3v) is 6.89. The van der Waals surface area contributed by atoms with E-state index in [0.29, 0.717) is 17.5 Å². The summed E-state index contributed by atoms with van der Waals surface area (Å²) in [7, 11) is 0. The summed E-state index contributed by atoms with van der Waals surface area (Å²) in [5, 5.41) is 9.78. The van der Waals surface area contributed by atoms with Gasteiger partial charge in [-0.25, -0.2) is 4.98 Å². The standard InChI is InChI=1S/C26H32N4O.C2H6/c27-17-23-16-24(22-9-3-1-4-10-22)18-28-26(23)29-14-7-8-21(19-29)13-15-30(20-31)25-11-5-2-6-12-25;1-2/h1,3-4,9-10,16,18,20-21,25H,2,5-8,11-15,19H2;1-2H3. The van der Waals surface area contributed by atoms with Crippen LogP contribution in [0.2, 0.25) is 0 Å². The van der Waals surface area contributed by atoms with Gasteiger partial charge in [0.05, 0.1) is 5.56 Å². The van der Waals surface area contributed by atoms with Crippen molar-refractivity contribution in [2.45, 2.75) is 71.3 Å². The van der Waals surface area contributed by atoms with E-state index in [0.717, 1.165) is 68.7 Å². The molecule has 2 aliphatic rings. The molecule has 0 bridgehead atoms. The number of carbonyl (C=O) groups is 1. The Balaban J connectivity index is 0.00000149. The van der Waals surface area contributed by atoms with Crippen LogP contribution in [-0.4, -0.2) is 42.0 Å². The summed E-state index contributed by atoms with van der Waals surface area (Å²) < 4.78 is 0. The molecule has 1 amide bonds. The van der Waals surface area contributed by atoms with Gasteiger partial charge in [-0.1, -0.05) is 63.4 Å². The lowest BCUT2D eigenvalue weighted by Gasteiger charge is -2.36. The molecule has 1 aliphatic heterocycles. The van der Waals surface area contributed by atoms with Gasteiger partial charge in [0, 0.05) is 37.4 Å². The van der Waals surface area contributed by atoms with Crippen molar-refractivity contribution in [3.05, 3.63) is 48.2 Å². The molecule has 1 saturated heterocycles. The third-order valence-electron chi connectivity index (χ3n) is 6.89. The molecule has 1 saturated carbocycles. The highest BCUT2D eigenvalue weighted by Crippen LogP contribution is 2.30. The summed E-state index contributed by atoms with van der Waals surface area (Å²) in [4.78, 5) is 20.7. The summed E-state index contributed by atoms with van der Waals surface area (Å²) in [5.41, 5.74) is 2.69. The van der Waals surface area contributed by atoms with E-state index in [4.69, 9.17) is 4.98 Å². The molecule has 1 aromatic heterocycles. The zero-order chi connectivity index (χ0) is 23.5. The molecule has 1 atom stereocenters. The van der Waals surface area contributed by atoms with Gasteiger partial charge in [0.25, 0.3) is 0 Å². The largest absolute Gasteiger partial charge is 0.355 e. The highest BCUT2D eigenvalue weighted by Gasteiger charge is 2.25. The smallest absolute Gasteiger partial charge is 0.209 e. The Morgan fingerprint density at radius 1 is 1.09 bits per heavy atom. The Labute approximate surface area is 199 Å². The fraction of sp³-hybridized carbons (Fsp3) is 0.536. The predicted molar refractivity (Wildman–Crippen MR) is 135 cm³/mol. The van der Waals surface area contributed by atoms with Gasteiger partial charge in [-0.3, -0.25) is 4.79 Å². The topological polar surface area (TPSA) is 60.2 Å². The minimum atomic E-state index is 0.434. The summed E-state index contributed by atoms with van der Waals surface area (Å²) in [5.74, 6) is 1.33. The summed E-state index contributed by atoms with van der Waals surface area (Å²) in [6.45, 7) is 6.69. The van der Waals surface area contributed by atoms with Gasteiger partial charge in [-0.2, -0.15) is 5.26 Å². The van der Waals surface area contributed by atoms with Crippen molar-refractivity contribution in [1.29, 1.82) is 5.26 Å². The summed E-state index contributed by atoms with van der Waals surface area (Å²) in [6, 6.07) is 14.8. The van der Waals surface area contributed by atoms with Crippen LogP contribution in [0.5, 0.6) is 0 Å². The second kappa shape index (κ2) is 13.0. The minimum Gasteiger partial charge on any atom is -0.355 e. The average molecular weight is 447 g/mol. The van der Waals surface area contributed by atoms with E-state index in [1.54, 1.807) is 0 Å². The maximum atomic E-state index is 11.7. The van der Waals surface area contributed by atoms with E-state index < -0.39 is 0 Å². The summed E-state index contributed by atoms with van der Waals surface area (Å²) >= 11 is 0. The average Bonchev–Trinajstić information content (AvgIpc) is 2.91. The highest BCUT2D eigenvalue weighted by atomic mass is 16.1. The number of piperidine rings is 1. The fourth-order valence-corrected chi connectivity index (χ4v) is 5.14. The molecule has 2 aromatic rings. The van der Waals surface area contributed by atoms with Crippen LogP contribution in [0.25, 0.3) is 11.1 Å². The van der Waals surface area contributed by atoms with Crippen LogP contribution in [0, 0.1) is 17.2 Å². The van der Waals surface area contributed by atoms with Gasteiger partial charge in [0.1, 0.15) is 11.9 Å². The van der Waals surface area contributed by atoms with E-state index in [1.165, 1.54) is 25.7 Å². The zero-order valence-corrected chi connectivity index (χ0v) is 20.2. The van der Waals surface area contributed by atoms with Gasteiger partial charge in [0.2, 0.25) is 6.41 Å². The van der Waals surface area contributed by atoms with Crippen LogP contribution in [0.1, 0.15) is 70.8 Å². The molecule has 5 heteroatoms. The lowest BCUT2D eigenvalue weighted by atomic mass is 9.92. The molecule has 5 nitrogen and oxygen atoms in total. The number of pyridine rings is 1. The monoisotopic (exact) mass is 446 g/mol. The number of benzene rings is 1. The number of amides is 1. The van der Waals surface area contributed by atoms with Crippen LogP contribution in [0.15, 0.2) is 42.6 Å². The van der Waals surface area contributed by atoms with Crippen LogP contribution in [0.4, 0.5) is 5.82 Å². The molecule has 0 radical (unpaired) electrons. The Morgan fingerprint density at radius 3 is 2.55 bits per heavy atom. The van der Waals surface area contributed by atoms with Crippen LogP contribution in [0.3, 0.4) is 0 Å². The van der Waals surface area contributed by atoms with Crippen LogP contribution >= 0.6 is 0 Å². The molecule has 2 fully saturated rings. The van der Waals surface area contributed by atoms with Crippen molar-refractivity contribution in [3.63, 3.8) is 0 Å². The molecular formula is C28H38N4O. The second-order valence-electron chi connectivity index (χ2n) is 8.95. The van der Waals surface area contributed by atoms with Crippen molar-refractivity contribution < 1.29 is 4.79 Å². The van der Waals surface area contributed by atoms with Crippen molar-refractivity contribution in [1.82, 2.24) is 9.88 Å². The number of hydrogen-bond acceptors (Lipinski definition) is 4. The first-order valence-corrected chi connectivity index (χ1v) is 12.7. The molecule has 33 heavy (non-hydrogen) atoms. The molecule has 4 rings (SSSR count). The normalized spacial score (nSPS) is 18.6. The molecule has 1 unspecified atom stereocenters. The Hall–Kier alpha value is -2.87. The zero-order valence-electron chi connectivity index (χ0n) is 20.2. The predicted octanol–water partition coefficient (Wildman–Crippen LogP) is 6.04. The molecule has 1 aromatic carbocycles. The van der Waals surface area contributed by atoms with Gasteiger partial charge < -0.3 is 9.80 Å². The van der Waals surface area contributed by atoms with E-state index in [9.17, 15) is 10.1 Å². The molecule has 2 heterocycles. The number of hydrogen-bond donors (Lipinski definition) is 0. The number of aromatic nitrogens is 1. The van der Waals surface area contributed by atoms with Gasteiger partial charge >= 0.3 is 0 Å². The first-order valence-electron chi connectivity index (χ1n) is 12.7. The second-order valence-corrected chi connectivity index (χ2v) is 8.95. The van der Waals surface area contributed by atoms with Crippen molar-refractivity contribution >= 4 is 12.2 Å². The lowest BCUT2D eigenvalue weighted by molar-refractivity contribution is -0.121. The number of carbonyl (C=O) groups excluding carboxylic acids is 1. The van der Waals surface area contributed by atoms with Crippen LogP contribution < -0.4 is 4.90 Å². The quantitative estimate of drug-likeness (QED) is 0.486. The Morgan fingerprint density at radius 2 is 1.85 bits per heavy atom. The molecule has 176 valence electrons. The first kappa shape index (κ1) is 24.8. The van der Waals surface area contributed by atoms with E-state index in [1.807, 2.05) is 61.3 Å². The van der Waals surface area contributed by atoms with Gasteiger partial charge in [0.15, 0.2) is 0 Å². The van der Waals surface area contributed by atoms with Crippen molar-refractivity contribution in [2.75, 3.05) is 24.5 Å². The van der Waals surface area contributed by atoms with Crippen molar-refractivity contribution in [3.8, 4) is 17.2 Å². The number of rotatable bonds is 7. The highest BCUT2D eigenvalue weighted by molar-refractivity contribution is 5.68. The summed E-state index contributed by atoms with van der Waals surface area (Å²) in [6.07, 6.45) is 12.3. The third kappa shape index (κ3) is 6.57. The SMILES string of the molecule is CC.N#Cc1cc(-c2ccccc2)cnc1N1CCCC(CCN(C=O)C2CCCCC2)C1. The lowest BCUT2D eigenvalue weighted by Crippen LogP contribution is -2.40. The number of nitrogens with zero attached hydrogens (tertiary/aromatic N) is 4. The molecule has 0 N–H and O–H groups in total. The van der Waals surface area contributed by atoms with Crippen molar-refractivity contribution in [2.24, 2.45) is 5.92 Å². The fourth-order valence-electron chi connectivity index (χ4n) is 5.14. The van der Waals surface area contributed by atoms with E-state index >= 15 is 0 Å². The van der Waals surface area contributed by atoms with E-state index in [-0.39, 0.29) is 0 Å². The Kier molecular flexibility index (Phi) is 9.75. The van der Waals surface area contributed by atoms with Crippen LogP contribution in [-0.2, 0) is 4.79 Å². The number of nitriles is 1. The minimum absolute atomic E-state index is 0.434. The number of anilines is 1. The van der Waals surface area contributed by atoms with Gasteiger partial charge in [-0.05, 0) is 49.7 Å². The first-order chi connectivity index (χ1) is 16.3. The molecule has 1 aliphatic carbocycles. The molecular weight excluding hydrogens is 408 g/mol. The van der Waals surface area contributed by atoms with E-state index in [2.05, 4.69) is 11.0 Å². The maximum absolute atomic E-state index is 11.7. The van der Waals surface area contributed by atoms with Gasteiger partial charge in [-0.15, -0.1) is 0 Å². The molecule has 0 spiro atoms.